The Bertz CT molecular complexity index is 917. The standard InChI is InChI=1S/C22H31N3O4/c1-14-20(24-17(12-27-3)13-28-4)22(26)25(2)21(23-14)18-10-15-8-6-7-9-16(15)11-19(18)29-5/h10-11,17,24H,6-9,12-13H2,1-5H3. The Balaban J connectivity index is 2.05. The first-order chi connectivity index (χ1) is 14.0. The van der Waals surface area contributed by atoms with Gasteiger partial charge >= 0.3 is 0 Å². The number of benzene rings is 1. The number of rotatable bonds is 8. The molecule has 0 atom stereocenters. The monoisotopic (exact) mass is 401 g/mol. The third-order valence-electron chi connectivity index (χ3n) is 5.46. The van der Waals surface area contributed by atoms with E-state index in [-0.39, 0.29) is 11.6 Å². The zero-order valence-electron chi connectivity index (χ0n) is 18.0. The van der Waals surface area contributed by atoms with Crippen molar-refractivity contribution in [2.24, 2.45) is 7.05 Å². The van der Waals surface area contributed by atoms with Crippen molar-refractivity contribution < 1.29 is 14.2 Å². The van der Waals surface area contributed by atoms with Crippen LogP contribution in [0.4, 0.5) is 5.69 Å². The summed E-state index contributed by atoms with van der Waals surface area (Å²) in [5, 5.41) is 3.24. The smallest absolute Gasteiger partial charge is 0.277 e. The van der Waals surface area contributed by atoms with E-state index in [9.17, 15) is 4.79 Å². The summed E-state index contributed by atoms with van der Waals surface area (Å²) in [7, 11) is 6.66. The molecule has 0 fully saturated rings. The molecule has 1 aliphatic carbocycles. The van der Waals surface area contributed by atoms with Gasteiger partial charge < -0.3 is 19.5 Å². The summed E-state index contributed by atoms with van der Waals surface area (Å²) in [4.78, 5) is 17.9. The molecule has 0 saturated carbocycles. The predicted octanol–water partition coefficient (Wildman–Crippen LogP) is 2.72. The fourth-order valence-electron chi connectivity index (χ4n) is 3.96. The average molecular weight is 402 g/mol. The average Bonchev–Trinajstić information content (AvgIpc) is 2.73. The van der Waals surface area contributed by atoms with Crippen LogP contribution in [-0.4, -0.2) is 50.1 Å². The molecule has 1 aliphatic rings. The lowest BCUT2D eigenvalue weighted by Gasteiger charge is -2.22. The second-order valence-corrected chi connectivity index (χ2v) is 7.54. The highest BCUT2D eigenvalue weighted by atomic mass is 16.5. The molecule has 1 N–H and O–H groups in total. The SMILES string of the molecule is COCC(COC)Nc1c(C)nc(-c2cc3c(cc2OC)CCCC3)n(C)c1=O. The number of aromatic nitrogens is 2. The van der Waals surface area contributed by atoms with E-state index in [0.29, 0.717) is 30.4 Å². The van der Waals surface area contributed by atoms with Crippen molar-refractivity contribution in [2.45, 2.75) is 38.6 Å². The molecule has 7 heteroatoms. The lowest BCUT2D eigenvalue weighted by molar-refractivity contribution is 0.126. The number of nitrogens with zero attached hydrogens (tertiary/aromatic N) is 2. The van der Waals surface area contributed by atoms with Crippen LogP contribution in [0.3, 0.4) is 0 Å². The van der Waals surface area contributed by atoms with Crippen LogP contribution in [0, 0.1) is 6.92 Å². The second-order valence-electron chi connectivity index (χ2n) is 7.54. The van der Waals surface area contributed by atoms with Crippen molar-refractivity contribution in [2.75, 3.05) is 39.9 Å². The van der Waals surface area contributed by atoms with E-state index in [4.69, 9.17) is 19.2 Å². The third-order valence-corrected chi connectivity index (χ3v) is 5.46. The van der Waals surface area contributed by atoms with Crippen LogP contribution in [0.15, 0.2) is 16.9 Å². The zero-order valence-corrected chi connectivity index (χ0v) is 18.0. The fraction of sp³-hybridized carbons (Fsp3) is 0.545. The summed E-state index contributed by atoms with van der Waals surface area (Å²) in [6.07, 6.45) is 4.51. The van der Waals surface area contributed by atoms with Gasteiger partial charge in [0.15, 0.2) is 0 Å². The highest BCUT2D eigenvalue weighted by molar-refractivity contribution is 5.68. The molecule has 0 radical (unpaired) electrons. The van der Waals surface area contributed by atoms with Crippen LogP contribution < -0.4 is 15.6 Å². The van der Waals surface area contributed by atoms with E-state index >= 15 is 0 Å². The number of nitrogens with one attached hydrogen (secondary N) is 1. The second kappa shape index (κ2) is 9.41. The van der Waals surface area contributed by atoms with Gasteiger partial charge in [0.1, 0.15) is 17.3 Å². The Hall–Kier alpha value is -2.38. The predicted molar refractivity (Wildman–Crippen MR) is 114 cm³/mol. The van der Waals surface area contributed by atoms with Crippen LogP contribution in [0.25, 0.3) is 11.4 Å². The number of ether oxygens (including phenoxy) is 3. The molecule has 0 amide bonds. The molecular weight excluding hydrogens is 370 g/mol. The van der Waals surface area contributed by atoms with E-state index in [1.807, 2.05) is 6.92 Å². The highest BCUT2D eigenvalue weighted by Crippen LogP contribution is 2.34. The van der Waals surface area contributed by atoms with Crippen LogP contribution in [0.5, 0.6) is 5.75 Å². The van der Waals surface area contributed by atoms with Crippen molar-refractivity contribution in [1.29, 1.82) is 0 Å². The minimum absolute atomic E-state index is 0.135. The molecule has 1 aromatic heterocycles. The van der Waals surface area contributed by atoms with Gasteiger partial charge in [-0.25, -0.2) is 4.98 Å². The normalized spacial score (nSPS) is 13.4. The summed E-state index contributed by atoms with van der Waals surface area (Å²) in [6, 6.07) is 4.10. The summed E-state index contributed by atoms with van der Waals surface area (Å²) in [5.41, 5.74) is 4.48. The van der Waals surface area contributed by atoms with Gasteiger partial charge in [-0.05, 0) is 55.9 Å². The molecule has 158 valence electrons. The van der Waals surface area contributed by atoms with Crippen molar-refractivity contribution in [1.82, 2.24) is 9.55 Å². The third kappa shape index (κ3) is 4.46. The molecule has 29 heavy (non-hydrogen) atoms. The summed E-state index contributed by atoms with van der Waals surface area (Å²) < 4.78 is 17.7. The Morgan fingerprint density at radius 2 is 1.72 bits per heavy atom. The summed E-state index contributed by atoms with van der Waals surface area (Å²) in [6.45, 7) is 2.70. The maximum absolute atomic E-state index is 13.2. The van der Waals surface area contributed by atoms with Crippen LogP contribution in [0.1, 0.15) is 29.7 Å². The Labute approximate surface area is 172 Å². The van der Waals surface area contributed by atoms with Crippen molar-refractivity contribution >= 4 is 5.69 Å². The van der Waals surface area contributed by atoms with Crippen molar-refractivity contribution in [3.05, 3.63) is 39.3 Å². The lowest BCUT2D eigenvalue weighted by atomic mass is 9.89. The Kier molecular flexibility index (Phi) is 6.92. The molecule has 1 heterocycles. The lowest BCUT2D eigenvalue weighted by Crippen LogP contribution is -2.35. The molecule has 0 unspecified atom stereocenters. The van der Waals surface area contributed by atoms with Gasteiger partial charge in [-0.15, -0.1) is 0 Å². The number of aryl methyl sites for hydroxylation is 3. The van der Waals surface area contributed by atoms with Gasteiger partial charge in [0.05, 0.1) is 37.6 Å². The quantitative estimate of drug-likeness (QED) is 0.733. The number of methoxy groups -OCH3 is 3. The molecule has 1 aromatic carbocycles. The first-order valence-corrected chi connectivity index (χ1v) is 10.0. The van der Waals surface area contributed by atoms with Gasteiger partial charge in [-0.3, -0.25) is 9.36 Å². The Morgan fingerprint density at radius 3 is 2.31 bits per heavy atom. The maximum atomic E-state index is 13.2. The number of fused-ring (bicyclic) bond motifs is 1. The highest BCUT2D eigenvalue weighted by Gasteiger charge is 2.21. The molecule has 0 bridgehead atoms. The van der Waals surface area contributed by atoms with Gasteiger partial charge in [0.25, 0.3) is 5.56 Å². The molecule has 0 aliphatic heterocycles. The number of hydrogen-bond donors (Lipinski definition) is 1. The van der Waals surface area contributed by atoms with Crippen molar-refractivity contribution in [3.8, 4) is 17.1 Å². The first-order valence-electron chi connectivity index (χ1n) is 10.0. The fourth-order valence-corrected chi connectivity index (χ4v) is 3.96. The molecule has 2 aromatic rings. The van der Waals surface area contributed by atoms with E-state index in [1.165, 1.54) is 24.0 Å². The minimum Gasteiger partial charge on any atom is -0.496 e. The van der Waals surface area contributed by atoms with E-state index in [0.717, 1.165) is 24.2 Å². The number of anilines is 1. The molecular formula is C22H31N3O4. The maximum Gasteiger partial charge on any atom is 0.277 e. The molecule has 3 rings (SSSR count). The summed E-state index contributed by atoms with van der Waals surface area (Å²) >= 11 is 0. The zero-order chi connectivity index (χ0) is 21.0. The van der Waals surface area contributed by atoms with Crippen LogP contribution in [-0.2, 0) is 29.4 Å². The van der Waals surface area contributed by atoms with Crippen LogP contribution >= 0.6 is 0 Å². The van der Waals surface area contributed by atoms with Gasteiger partial charge in [-0.1, -0.05) is 0 Å². The van der Waals surface area contributed by atoms with Crippen LogP contribution in [0.2, 0.25) is 0 Å². The topological polar surface area (TPSA) is 74.6 Å². The van der Waals surface area contributed by atoms with Crippen molar-refractivity contribution in [3.63, 3.8) is 0 Å². The molecule has 7 nitrogen and oxygen atoms in total. The van der Waals surface area contributed by atoms with Gasteiger partial charge in [0, 0.05) is 21.3 Å². The van der Waals surface area contributed by atoms with Gasteiger partial charge in [-0.2, -0.15) is 0 Å². The van der Waals surface area contributed by atoms with E-state index in [1.54, 1.807) is 32.9 Å². The minimum atomic E-state index is -0.137. The largest absolute Gasteiger partial charge is 0.496 e. The first kappa shape index (κ1) is 21.3. The Morgan fingerprint density at radius 1 is 1.10 bits per heavy atom. The molecule has 0 spiro atoms. The van der Waals surface area contributed by atoms with E-state index < -0.39 is 0 Å². The molecule has 0 saturated heterocycles. The summed E-state index contributed by atoms with van der Waals surface area (Å²) in [5.74, 6) is 1.36. The van der Waals surface area contributed by atoms with E-state index in [2.05, 4.69) is 17.4 Å². The number of hydrogen-bond acceptors (Lipinski definition) is 6. The van der Waals surface area contributed by atoms with Gasteiger partial charge in [0.2, 0.25) is 0 Å².